The van der Waals surface area contributed by atoms with Crippen LogP contribution in [-0.4, -0.2) is 16.7 Å². The first-order valence-electron chi connectivity index (χ1n) is 8.20. The molecule has 124 valence electrons. The molecule has 0 radical (unpaired) electrons. The van der Waals surface area contributed by atoms with Crippen LogP contribution in [0.2, 0.25) is 0 Å². The molecule has 1 aliphatic carbocycles. The zero-order valence-electron chi connectivity index (χ0n) is 13.4. The predicted octanol–water partition coefficient (Wildman–Crippen LogP) is 2.59. The Labute approximate surface area is 144 Å². The summed E-state index contributed by atoms with van der Waals surface area (Å²) in [6.45, 7) is 0. The Balaban J connectivity index is 2.02. The van der Waals surface area contributed by atoms with Gasteiger partial charge in [-0.1, -0.05) is 6.42 Å². The first-order chi connectivity index (χ1) is 12.1. The van der Waals surface area contributed by atoms with Crippen molar-refractivity contribution in [3.63, 3.8) is 0 Å². The highest BCUT2D eigenvalue weighted by molar-refractivity contribution is 5.89. The van der Waals surface area contributed by atoms with E-state index in [0.29, 0.717) is 18.4 Å². The monoisotopic (exact) mass is 333 g/mol. The Morgan fingerprint density at radius 1 is 1.12 bits per heavy atom. The molecule has 1 N–H and O–H groups in total. The lowest BCUT2D eigenvalue weighted by molar-refractivity contribution is -0.360. The Kier molecular flexibility index (Phi) is 3.13. The summed E-state index contributed by atoms with van der Waals surface area (Å²) in [7, 11) is 0. The number of nitrogens with zero attached hydrogens (tertiary/aromatic N) is 4. The van der Waals surface area contributed by atoms with Gasteiger partial charge in [-0.15, -0.1) is 0 Å². The molecule has 4 aliphatic rings. The third-order valence-electron chi connectivity index (χ3n) is 5.83. The number of rotatable bonds is 1. The lowest BCUT2D eigenvalue weighted by Crippen LogP contribution is -2.73. The lowest BCUT2D eigenvalue weighted by atomic mass is 9.48. The van der Waals surface area contributed by atoms with Crippen LogP contribution >= 0.6 is 0 Å². The SMILES string of the molecule is N#CC1(C#N)[C@@H]2CCCC[C@@]23OC(=N)[C@@]1(C#N)[C@H](c1ccncc1)O3. The summed E-state index contributed by atoms with van der Waals surface area (Å²) in [5, 5.41) is 38.6. The van der Waals surface area contributed by atoms with Gasteiger partial charge in [0.15, 0.2) is 10.8 Å². The van der Waals surface area contributed by atoms with Crippen LogP contribution < -0.4 is 0 Å². The predicted molar refractivity (Wildman–Crippen MR) is 83.3 cm³/mol. The fraction of sp³-hybridized carbons (Fsp3) is 0.500. The van der Waals surface area contributed by atoms with Crippen LogP contribution in [0.4, 0.5) is 0 Å². The average Bonchev–Trinajstić information content (AvgIpc) is 2.66. The number of ether oxygens (including phenoxy) is 2. The highest BCUT2D eigenvalue weighted by Crippen LogP contribution is 2.69. The molecule has 1 aromatic heterocycles. The standard InChI is InChI=1S/C18H15N5O2/c19-9-16(10-20)13-3-1-2-6-18(13)24-14(12-4-7-23-8-5-12)17(16,11-21)15(22)25-18/h4-5,7-8,13-14,22H,1-3,6H2/t13-,14-,17+,18+/m0/s1. The Hall–Kier alpha value is -2.95. The zero-order valence-corrected chi connectivity index (χ0v) is 13.4. The fourth-order valence-corrected chi connectivity index (χ4v) is 4.68. The van der Waals surface area contributed by atoms with Crippen LogP contribution in [0, 0.1) is 56.2 Å². The van der Waals surface area contributed by atoms with Gasteiger partial charge in [0.25, 0.3) is 0 Å². The van der Waals surface area contributed by atoms with Gasteiger partial charge in [0.1, 0.15) is 6.10 Å². The highest BCUT2D eigenvalue weighted by Gasteiger charge is 2.80. The first-order valence-corrected chi connectivity index (χ1v) is 8.20. The second-order valence-corrected chi connectivity index (χ2v) is 6.77. The Morgan fingerprint density at radius 2 is 1.84 bits per heavy atom. The van der Waals surface area contributed by atoms with Crippen molar-refractivity contribution in [2.75, 3.05) is 0 Å². The molecule has 0 amide bonds. The molecule has 4 heterocycles. The fourth-order valence-electron chi connectivity index (χ4n) is 4.68. The van der Waals surface area contributed by atoms with Gasteiger partial charge in [-0.2, -0.15) is 15.8 Å². The van der Waals surface area contributed by atoms with Crippen molar-refractivity contribution in [1.82, 2.24) is 4.98 Å². The van der Waals surface area contributed by atoms with E-state index in [2.05, 4.69) is 23.2 Å². The molecule has 7 heteroatoms. The minimum absolute atomic E-state index is 0.343. The van der Waals surface area contributed by atoms with Crippen LogP contribution in [-0.2, 0) is 9.47 Å². The molecule has 1 saturated carbocycles. The normalized spacial score (nSPS) is 37.7. The van der Waals surface area contributed by atoms with Crippen molar-refractivity contribution in [2.45, 2.75) is 37.6 Å². The largest absolute Gasteiger partial charge is 0.447 e. The third kappa shape index (κ3) is 1.60. The van der Waals surface area contributed by atoms with Gasteiger partial charge < -0.3 is 9.47 Å². The molecular formula is C18H15N5O2. The van der Waals surface area contributed by atoms with Crippen molar-refractivity contribution in [2.24, 2.45) is 16.7 Å². The molecule has 0 aromatic carbocycles. The van der Waals surface area contributed by atoms with Gasteiger partial charge in [-0.25, -0.2) is 0 Å². The number of pyridine rings is 1. The lowest BCUT2D eigenvalue weighted by Gasteiger charge is -2.63. The van der Waals surface area contributed by atoms with Crippen LogP contribution in [0.1, 0.15) is 37.4 Å². The van der Waals surface area contributed by atoms with E-state index >= 15 is 0 Å². The second-order valence-electron chi connectivity index (χ2n) is 6.77. The van der Waals surface area contributed by atoms with Gasteiger partial charge in [0.2, 0.25) is 11.7 Å². The molecule has 5 rings (SSSR count). The highest BCUT2D eigenvalue weighted by atomic mass is 16.7. The summed E-state index contributed by atoms with van der Waals surface area (Å²) in [4.78, 5) is 3.97. The van der Waals surface area contributed by atoms with Crippen LogP contribution in [0.3, 0.4) is 0 Å². The van der Waals surface area contributed by atoms with E-state index in [1.807, 2.05) is 0 Å². The summed E-state index contributed by atoms with van der Waals surface area (Å²) >= 11 is 0. The van der Waals surface area contributed by atoms with Gasteiger partial charge in [-0.3, -0.25) is 10.4 Å². The molecule has 3 saturated heterocycles. The summed E-state index contributed by atoms with van der Waals surface area (Å²) in [5.74, 6) is -2.10. The van der Waals surface area contributed by atoms with Crippen molar-refractivity contribution in [1.29, 1.82) is 21.2 Å². The molecule has 2 bridgehead atoms. The zero-order chi connectivity index (χ0) is 17.7. The summed E-state index contributed by atoms with van der Waals surface area (Å²) < 4.78 is 12.1. The van der Waals surface area contributed by atoms with Crippen molar-refractivity contribution < 1.29 is 9.47 Å². The quantitative estimate of drug-likeness (QED) is 0.841. The number of aromatic nitrogens is 1. The number of hydrogen-bond donors (Lipinski definition) is 1. The topological polar surface area (TPSA) is 127 Å². The molecule has 3 aliphatic heterocycles. The van der Waals surface area contributed by atoms with E-state index in [1.54, 1.807) is 24.5 Å². The maximum atomic E-state index is 10.1. The van der Waals surface area contributed by atoms with Crippen molar-refractivity contribution >= 4 is 5.90 Å². The molecule has 7 nitrogen and oxygen atoms in total. The Morgan fingerprint density at radius 3 is 2.48 bits per heavy atom. The molecule has 1 spiro atoms. The third-order valence-corrected chi connectivity index (χ3v) is 5.83. The van der Waals surface area contributed by atoms with E-state index in [1.165, 1.54) is 0 Å². The van der Waals surface area contributed by atoms with Gasteiger partial charge in [-0.05, 0) is 30.5 Å². The summed E-state index contributed by atoms with van der Waals surface area (Å²) in [6.07, 6.45) is 4.91. The van der Waals surface area contributed by atoms with Crippen LogP contribution in [0.5, 0.6) is 0 Å². The van der Waals surface area contributed by atoms with E-state index in [0.717, 1.165) is 12.8 Å². The average molecular weight is 333 g/mol. The van der Waals surface area contributed by atoms with E-state index in [9.17, 15) is 15.8 Å². The first kappa shape index (κ1) is 15.6. The molecule has 1 aromatic rings. The van der Waals surface area contributed by atoms with Crippen LogP contribution in [0.25, 0.3) is 0 Å². The number of fused-ring (bicyclic) bond motifs is 2. The maximum Gasteiger partial charge on any atom is 0.218 e. The second kappa shape index (κ2) is 5.02. The minimum Gasteiger partial charge on any atom is -0.447 e. The Bertz CT molecular complexity index is 850. The van der Waals surface area contributed by atoms with Gasteiger partial charge >= 0.3 is 0 Å². The number of nitriles is 3. The molecule has 25 heavy (non-hydrogen) atoms. The van der Waals surface area contributed by atoms with E-state index < -0.39 is 28.6 Å². The molecular weight excluding hydrogens is 318 g/mol. The summed E-state index contributed by atoms with van der Waals surface area (Å²) in [5.41, 5.74) is -2.88. The van der Waals surface area contributed by atoms with Gasteiger partial charge in [0.05, 0.1) is 24.1 Å². The van der Waals surface area contributed by atoms with Gasteiger partial charge in [0, 0.05) is 18.8 Å². The number of hydrogen-bond acceptors (Lipinski definition) is 7. The summed E-state index contributed by atoms with van der Waals surface area (Å²) in [6, 6.07) is 9.69. The minimum atomic E-state index is -1.80. The number of nitrogens with one attached hydrogen (secondary N) is 1. The van der Waals surface area contributed by atoms with Crippen molar-refractivity contribution in [3.8, 4) is 18.2 Å². The molecule has 4 atom stereocenters. The smallest absolute Gasteiger partial charge is 0.218 e. The molecule has 4 fully saturated rings. The van der Waals surface area contributed by atoms with E-state index in [4.69, 9.17) is 14.9 Å². The molecule has 0 unspecified atom stereocenters. The van der Waals surface area contributed by atoms with E-state index in [-0.39, 0.29) is 5.90 Å². The van der Waals surface area contributed by atoms with Crippen molar-refractivity contribution in [3.05, 3.63) is 30.1 Å². The van der Waals surface area contributed by atoms with Crippen LogP contribution in [0.15, 0.2) is 24.5 Å². The maximum absolute atomic E-state index is 10.1.